The zero-order chi connectivity index (χ0) is 16.1. The summed E-state index contributed by atoms with van der Waals surface area (Å²) in [5, 5.41) is 12.8. The number of alkyl halides is 3. The number of hydrogen-bond donors (Lipinski definition) is 2. The lowest BCUT2D eigenvalue weighted by Crippen LogP contribution is -2.49. The molecule has 1 rings (SSSR count). The first-order valence-corrected chi connectivity index (χ1v) is 7.48. The van der Waals surface area contributed by atoms with Crippen LogP contribution in [0, 0.1) is 5.92 Å². The Morgan fingerprint density at radius 3 is 2.48 bits per heavy atom. The number of nitrogens with zero attached hydrogens (tertiary/aromatic N) is 1. The molecule has 1 fully saturated rings. The Morgan fingerprint density at radius 2 is 1.95 bits per heavy atom. The Bertz CT molecular complexity index is 344. The van der Waals surface area contributed by atoms with E-state index < -0.39 is 24.2 Å². The van der Waals surface area contributed by atoms with E-state index in [9.17, 15) is 23.1 Å². The van der Waals surface area contributed by atoms with Crippen molar-refractivity contribution in [3.05, 3.63) is 0 Å². The van der Waals surface area contributed by atoms with Crippen LogP contribution in [0.25, 0.3) is 0 Å². The molecule has 0 saturated carbocycles. The minimum Gasteiger partial charge on any atom is -0.388 e. The number of rotatable bonds is 6. The largest absolute Gasteiger partial charge is 0.401 e. The predicted octanol–water partition coefficient (Wildman–Crippen LogP) is 1.93. The highest BCUT2D eigenvalue weighted by Crippen LogP contribution is 2.22. The summed E-state index contributed by atoms with van der Waals surface area (Å²) < 4.78 is 37.2. The van der Waals surface area contributed by atoms with Gasteiger partial charge in [0.15, 0.2) is 0 Å². The lowest BCUT2D eigenvalue weighted by Gasteiger charge is -2.33. The van der Waals surface area contributed by atoms with E-state index in [1.165, 1.54) is 4.90 Å². The van der Waals surface area contributed by atoms with Crippen LogP contribution in [0.1, 0.15) is 39.5 Å². The van der Waals surface area contributed by atoms with Crippen LogP contribution in [0.2, 0.25) is 0 Å². The third-order valence-corrected chi connectivity index (χ3v) is 4.19. The zero-order valence-corrected chi connectivity index (χ0v) is 12.7. The summed E-state index contributed by atoms with van der Waals surface area (Å²) in [6, 6.07) is 0. The van der Waals surface area contributed by atoms with Crippen molar-refractivity contribution < 1.29 is 23.1 Å². The van der Waals surface area contributed by atoms with Gasteiger partial charge in [-0.15, -0.1) is 0 Å². The van der Waals surface area contributed by atoms with Gasteiger partial charge < -0.3 is 10.4 Å². The molecule has 1 saturated heterocycles. The number of nitrogens with one attached hydrogen (secondary N) is 1. The molecule has 4 nitrogen and oxygen atoms in total. The normalized spacial score (nSPS) is 21.3. The number of piperidine rings is 1. The fraction of sp³-hybridized carbons (Fsp3) is 0.929. The molecule has 1 atom stereocenters. The SMILES string of the molecule is CCC(O)(CC)CNC(=O)C1CCCN(CC(F)(F)F)C1. The summed E-state index contributed by atoms with van der Waals surface area (Å²) in [6.45, 7) is 3.35. The highest BCUT2D eigenvalue weighted by molar-refractivity contribution is 5.79. The van der Waals surface area contributed by atoms with Gasteiger partial charge in [-0.2, -0.15) is 13.2 Å². The monoisotopic (exact) mass is 310 g/mol. The van der Waals surface area contributed by atoms with Crippen LogP contribution < -0.4 is 5.32 Å². The first kappa shape index (κ1) is 18.2. The fourth-order valence-electron chi connectivity index (χ4n) is 2.56. The van der Waals surface area contributed by atoms with Crippen molar-refractivity contribution in [3.8, 4) is 0 Å². The molecule has 7 heteroatoms. The first-order chi connectivity index (χ1) is 9.69. The van der Waals surface area contributed by atoms with Gasteiger partial charge in [-0.1, -0.05) is 13.8 Å². The maximum absolute atomic E-state index is 12.4. The molecule has 0 spiro atoms. The van der Waals surface area contributed by atoms with Crippen molar-refractivity contribution in [3.63, 3.8) is 0 Å². The Balaban J connectivity index is 2.47. The van der Waals surface area contributed by atoms with Crippen molar-refractivity contribution in [1.82, 2.24) is 10.2 Å². The summed E-state index contributed by atoms with van der Waals surface area (Å²) in [7, 11) is 0. The highest BCUT2D eigenvalue weighted by Gasteiger charge is 2.35. The minimum absolute atomic E-state index is 0.127. The van der Waals surface area contributed by atoms with Crippen molar-refractivity contribution in [2.75, 3.05) is 26.2 Å². The first-order valence-electron chi connectivity index (χ1n) is 7.48. The minimum atomic E-state index is -4.23. The molecule has 1 amide bonds. The van der Waals surface area contributed by atoms with Crippen molar-refractivity contribution in [2.45, 2.75) is 51.3 Å². The number of carbonyl (C=O) groups is 1. The number of aliphatic hydroxyl groups is 1. The number of halogens is 3. The van der Waals surface area contributed by atoms with E-state index in [1.807, 2.05) is 13.8 Å². The number of amides is 1. The van der Waals surface area contributed by atoms with Gasteiger partial charge in [0.05, 0.1) is 18.1 Å². The summed E-state index contributed by atoms with van der Waals surface area (Å²) in [5.41, 5.74) is -0.935. The van der Waals surface area contributed by atoms with Crippen LogP contribution in [0.5, 0.6) is 0 Å². The summed E-state index contributed by atoms with van der Waals surface area (Å²) >= 11 is 0. The molecule has 0 radical (unpaired) electrons. The van der Waals surface area contributed by atoms with Gasteiger partial charge in [0.25, 0.3) is 0 Å². The molecule has 1 unspecified atom stereocenters. The molecule has 2 N–H and O–H groups in total. The second-order valence-electron chi connectivity index (χ2n) is 5.84. The van der Waals surface area contributed by atoms with Gasteiger partial charge in [-0.3, -0.25) is 9.69 Å². The molecule has 0 aromatic rings. The molecule has 1 aliphatic heterocycles. The summed E-state index contributed by atoms with van der Waals surface area (Å²) in [5.74, 6) is -0.693. The van der Waals surface area contributed by atoms with Crippen LogP contribution in [0.3, 0.4) is 0 Å². The van der Waals surface area contributed by atoms with Gasteiger partial charge in [-0.25, -0.2) is 0 Å². The molecular formula is C14H25F3N2O2. The van der Waals surface area contributed by atoms with E-state index >= 15 is 0 Å². The lowest BCUT2D eigenvalue weighted by atomic mass is 9.95. The van der Waals surface area contributed by atoms with Crippen LogP contribution in [-0.2, 0) is 4.79 Å². The quantitative estimate of drug-likeness (QED) is 0.788. The Kier molecular flexibility index (Phi) is 6.46. The molecule has 1 aliphatic rings. The van der Waals surface area contributed by atoms with E-state index in [1.54, 1.807) is 0 Å². The molecule has 21 heavy (non-hydrogen) atoms. The van der Waals surface area contributed by atoms with Gasteiger partial charge in [-0.05, 0) is 32.2 Å². The maximum Gasteiger partial charge on any atom is 0.401 e. The smallest absolute Gasteiger partial charge is 0.388 e. The van der Waals surface area contributed by atoms with E-state index in [2.05, 4.69) is 5.32 Å². The van der Waals surface area contributed by atoms with Crippen molar-refractivity contribution in [2.24, 2.45) is 5.92 Å². The van der Waals surface area contributed by atoms with Gasteiger partial charge in [0, 0.05) is 13.1 Å². The topological polar surface area (TPSA) is 52.6 Å². The molecule has 124 valence electrons. The Hall–Kier alpha value is -0.820. The molecule has 1 heterocycles. The standard InChI is InChI=1S/C14H25F3N2O2/c1-3-13(21,4-2)9-18-12(20)11-6-5-7-19(8-11)10-14(15,16)17/h11,21H,3-10H2,1-2H3,(H,18,20). The molecule has 0 aliphatic carbocycles. The van der Waals surface area contributed by atoms with E-state index in [0.29, 0.717) is 32.2 Å². The van der Waals surface area contributed by atoms with Gasteiger partial charge in [0.1, 0.15) is 0 Å². The van der Waals surface area contributed by atoms with Gasteiger partial charge >= 0.3 is 6.18 Å². The van der Waals surface area contributed by atoms with Gasteiger partial charge in [0.2, 0.25) is 5.91 Å². The summed E-state index contributed by atoms with van der Waals surface area (Å²) in [4.78, 5) is 13.3. The molecule has 0 bridgehead atoms. The second kappa shape index (κ2) is 7.45. The van der Waals surface area contributed by atoms with E-state index in [4.69, 9.17) is 0 Å². The zero-order valence-electron chi connectivity index (χ0n) is 12.7. The average molecular weight is 310 g/mol. The van der Waals surface area contributed by atoms with E-state index in [0.717, 1.165) is 0 Å². The van der Waals surface area contributed by atoms with Crippen LogP contribution in [-0.4, -0.2) is 53.9 Å². The third-order valence-electron chi connectivity index (χ3n) is 4.19. The van der Waals surface area contributed by atoms with Crippen LogP contribution in [0.15, 0.2) is 0 Å². The fourth-order valence-corrected chi connectivity index (χ4v) is 2.56. The lowest BCUT2D eigenvalue weighted by molar-refractivity contribution is -0.152. The Morgan fingerprint density at radius 1 is 1.33 bits per heavy atom. The third kappa shape index (κ3) is 6.22. The average Bonchev–Trinajstić information content (AvgIpc) is 2.43. The Labute approximate surface area is 123 Å². The predicted molar refractivity (Wildman–Crippen MR) is 73.8 cm³/mol. The number of carbonyl (C=O) groups excluding carboxylic acids is 1. The second-order valence-corrected chi connectivity index (χ2v) is 5.84. The maximum atomic E-state index is 12.4. The summed E-state index contributed by atoms with van der Waals surface area (Å²) in [6.07, 6.45) is -2.01. The number of likely N-dealkylation sites (tertiary alicyclic amines) is 1. The highest BCUT2D eigenvalue weighted by atomic mass is 19.4. The van der Waals surface area contributed by atoms with Crippen LogP contribution >= 0.6 is 0 Å². The van der Waals surface area contributed by atoms with Crippen molar-refractivity contribution >= 4 is 5.91 Å². The molecule has 0 aromatic carbocycles. The van der Waals surface area contributed by atoms with Crippen LogP contribution in [0.4, 0.5) is 13.2 Å². The number of hydrogen-bond acceptors (Lipinski definition) is 3. The molecular weight excluding hydrogens is 285 g/mol. The molecule has 0 aromatic heterocycles. The van der Waals surface area contributed by atoms with E-state index in [-0.39, 0.29) is 19.0 Å². The van der Waals surface area contributed by atoms with Crippen molar-refractivity contribution in [1.29, 1.82) is 0 Å².